The van der Waals surface area contributed by atoms with Crippen molar-refractivity contribution in [1.29, 1.82) is 0 Å². The number of piperazine rings is 1. The number of hydrogen-bond donors (Lipinski definition) is 1. The first-order valence-corrected chi connectivity index (χ1v) is 12.7. The van der Waals surface area contributed by atoms with Crippen LogP contribution in [0.4, 0.5) is 5.00 Å². The van der Waals surface area contributed by atoms with Crippen molar-refractivity contribution in [2.75, 3.05) is 24.5 Å². The van der Waals surface area contributed by atoms with E-state index < -0.39 is 0 Å². The highest BCUT2D eigenvalue weighted by atomic mass is 32.1. The fraction of sp³-hybridized carbons (Fsp3) is 0.320. The molecule has 1 aliphatic rings. The van der Waals surface area contributed by atoms with Crippen molar-refractivity contribution in [2.45, 2.75) is 32.9 Å². The number of thiazole rings is 1. The number of carbonyl (C=O) groups excluding carboxylic acids is 1. The molecule has 1 amide bonds. The van der Waals surface area contributed by atoms with E-state index in [9.17, 15) is 4.79 Å². The molecule has 10 heteroatoms. The third-order valence-corrected chi connectivity index (χ3v) is 7.53. The molecule has 6 rings (SSSR count). The van der Waals surface area contributed by atoms with Gasteiger partial charge < -0.3 is 19.4 Å². The Hall–Kier alpha value is -3.79. The Morgan fingerprint density at radius 2 is 2.09 bits per heavy atom. The van der Waals surface area contributed by atoms with Crippen molar-refractivity contribution in [3.8, 4) is 11.5 Å². The van der Waals surface area contributed by atoms with Crippen LogP contribution in [-0.2, 0) is 17.8 Å². The van der Waals surface area contributed by atoms with Crippen LogP contribution in [0.15, 0.2) is 48.4 Å². The summed E-state index contributed by atoms with van der Waals surface area (Å²) < 4.78 is 1.82. The average molecular weight is 487 g/mol. The third-order valence-electron chi connectivity index (χ3n) is 6.64. The molecule has 0 bridgehead atoms. The summed E-state index contributed by atoms with van der Waals surface area (Å²) in [6.07, 6.45) is 4.40. The van der Waals surface area contributed by atoms with Gasteiger partial charge in [0, 0.05) is 31.9 Å². The lowest BCUT2D eigenvalue weighted by Gasteiger charge is -2.40. The Kier molecular flexibility index (Phi) is 5.44. The van der Waals surface area contributed by atoms with Crippen molar-refractivity contribution >= 4 is 44.4 Å². The number of rotatable bonds is 5. The number of nitrogens with one attached hydrogen (secondary N) is 1. The highest BCUT2D eigenvalue weighted by Gasteiger charge is 2.30. The molecule has 1 unspecified atom stereocenters. The molecular formula is C25H26N8OS. The molecule has 9 nitrogen and oxygen atoms in total. The van der Waals surface area contributed by atoms with Gasteiger partial charge in [0.05, 0.1) is 22.9 Å². The number of hydrogen-bond acceptors (Lipinski definition) is 7. The van der Waals surface area contributed by atoms with Gasteiger partial charge in [-0.05, 0) is 43.2 Å². The molecule has 5 heterocycles. The van der Waals surface area contributed by atoms with Crippen molar-refractivity contribution < 1.29 is 4.79 Å². The molecule has 1 aliphatic heterocycles. The van der Waals surface area contributed by atoms with Crippen LogP contribution in [-0.4, -0.2) is 66.0 Å². The summed E-state index contributed by atoms with van der Waals surface area (Å²) in [5.74, 6) is 0.866. The molecule has 0 saturated carbocycles. The van der Waals surface area contributed by atoms with E-state index in [-0.39, 0.29) is 18.5 Å². The molecule has 178 valence electrons. The number of aromatic amines is 1. The normalized spacial score (nSPS) is 16.5. The second-order valence-corrected chi connectivity index (χ2v) is 9.73. The number of carbonyl (C=O) groups is 1. The Labute approximate surface area is 206 Å². The SMILES string of the molecule is CCc1ccc2nc(-c3ncsc3N3CCN(C(=O)Cn4cnc5cccnc54)C(C)C3)[nH]c2c1. The molecule has 0 radical (unpaired) electrons. The van der Waals surface area contributed by atoms with Gasteiger partial charge in [-0.25, -0.2) is 19.9 Å². The van der Waals surface area contributed by atoms with E-state index in [4.69, 9.17) is 4.98 Å². The maximum absolute atomic E-state index is 13.2. The van der Waals surface area contributed by atoms with Crippen LogP contribution in [0.5, 0.6) is 0 Å². The number of H-pyrrole nitrogens is 1. The number of fused-ring (bicyclic) bond motifs is 2. The minimum absolute atomic E-state index is 0.0664. The van der Waals surface area contributed by atoms with Gasteiger partial charge >= 0.3 is 0 Å². The number of amides is 1. The van der Waals surface area contributed by atoms with Crippen molar-refractivity contribution in [1.82, 2.24) is 34.4 Å². The minimum atomic E-state index is 0.0664. The molecule has 0 aliphatic carbocycles. The Balaban J connectivity index is 1.18. The lowest BCUT2D eigenvalue weighted by molar-refractivity contribution is -0.134. The largest absolute Gasteiger partial charge is 0.358 e. The summed E-state index contributed by atoms with van der Waals surface area (Å²) >= 11 is 1.62. The summed E-state index contributed by atoms with van der Waals surface area (Å²) in [6, 6.07) is 10.2. The number of aryl methyl sites for hydroxylation is 1. The maximum atomic E-state index is 13.2. The fourth-order valence-electron chi connectivity index (χ4n) is 4.78. The van der Waals surface area contributed by atoms with Gasteiger partial charge in [-0.2, -0.15) is 0 Å². The van der Waals surface area contributed by atoms with E-state index in [0.29, 0.717) is 6.54 Å². The predicted octanol–water partition coefficient (Wildman–Crippen LogP) is 3.73. The summed E-state index contributed by atoms with van der Waals surface area (Å²) in [7, 11) is 0. The Bertz CT molecular complexity index is 1520. The Morgan fingerprint density at radius 3 is 2.94 bits per heavy atom. The van der Waals surface area contributed by atoms with Crippen LogP contribution < -0.4 is 4.90 Å². The van der Waals surface area contributed by atoms with Gasteiger partial charge in [-0.3, -0.25) is 4.79 Å². The van der Waals surface area contributed by atoms with Crippen LogP contribution in [0.1, 0.15) is 19.4 Å². The second kappa shape index (κ2) is 8.77. The topological polar surface area (TPSA) is 95.8 Å². The number of aromatic nitrogens is 6. The van der Waals surface area contributed by atoms with E-state index in [1.807, 2.05) is 27.1 Å². The molecule has 1 fully saturated rings. The fourth-order valence-corrected chi connectivity index (χ4v) is 5.61. The van der Waals surface area contributed by atoms with E-state index >= 15 is 0 Å². The molecule has 1 aromatic carbocycles. The lowest BCUT2D eigenvalue weighted by atomic mass is 10.1. The van der Waals surface area contributed by atoms with Gasteiger partial charge in [0.1, 0.15) is 22.8 Å². The second-order valence-electron chi connectivity index (χ2n) is 8.90. The van der Waals surface area contributed by atoms with Crippen LogP contribution in [0.2, 0.25) is 0 Å². The Morgan fingerprint density at radius 1 is 1.17 bits per heavy atom. The minimum Gasteiger partial charge on any atom is -0.358 e. The molecular weight excluding hydrogens is 460 g/mol. The molecule has 0 spiro atoms. The number of anilines is 1. The predicted molar refractivity (Wildman–Crippen MR) is 137 cm³/mol. The number of imidazole rings is 2. The van der Waals surface area contributed by atoms with Gasteiger partial charge in [0.25, 0.3) is 0 Å². The number of nitrogens with zero attached hydrogens (tertiary/aromatic N) is 7. The summed E-state index contributed by atoms with van der Waals surface area (Å²) in [6.45, 7) is 6.62. The monoisotopic (exact) mass is 486 g/mol. The summed E-state index contributed by atoms with van der Waals surface area (Å²) in [4.78, 5) is 39.1. The maximum Gasteiger partial charge on any atom is 0.242 e. The van der Waals surface area contributed by atoms with Crippen molar-refractivity contribution in [2.24, 2.45) is 0 Å². The first kappa shape index (κ1) is 21.7. The van der Waals surface area contributed by atoms with Gasteiger partial charge in [-0.1, -0.05) is 13.0 Å². The van der Waals surface area contributed by atoms with Crippen molar-refractivity contribution in [3.05, 3.63) is 53.9 Å². The molecule has 1 saturated heterocycles. The van der Waals surface area contributed by atoms with Crippen LogP contribution in [0.3, 0.4) is 0 Å². The van der Waals surface area contributed by atoms with Crippen LogP contribution in [0.25, 0.3) is 33.7 Å². The molecule has 35 heavy (non-hydrogen) atoms. The van der Waals surface area contributed by atoms with E-state index in [2.05, 4.69) is 56.9 Å². The quantitative estimate of drug-likeness (QED) is 0.407. The van der Waals surface area contributed by atoms with E-state index in [1.54, 1.807) is 23.9 Å². The molecule has 1 atom stereocenters. The molecule has 1 N–H and O–H groups in total. The number of pyridine rings is 1. The van der Waals surface area contributed by atoms with Crippen LogP contribution >= 0.6 is 11.3 Å². The zero-order valence-electron chi connectivity index (χ0n) is 19.7. The van der Waals surface area contributed by atoms with Gasteiger partial charge in [-0.15, -0.1) is 11.3 Å². The summed E-state index contributed by atoms with van der Waals surface area (Å²) in [5, 5.41) is 1.09. The third kappa shape index (κ3) is 3.93. The molecule has 4 aromatic heterocycles. The van der Waals surface area contributed by atoms with E-state index in [1.165, 1.54) is 5.56 Å². The molecule has 5 aromatic rings. The summed E-state index contributed by atoms with van der Waals surface area (Å²) in [5.41, 5.74) is 7.53. The van der Waals surface area contributed by atoms with Crippen LogP contribution in [0, 0.1) is 0 Å². The first-order valence-electron chi connectivity index (χ1n) is 11.8. The van der Waals surface area contributed by atoms with Gasteiger partial charge in [0.2, 0.25) is 5.91 Å². The van der Waals surface area contributed by atoms with Gasteiger partial charge in [0.15, 0.2) is 11.5 Å². The lowest BCUT2D eigenvalue weighted by Crippen LogP contribution is -2.54. The first-order chi connectivity index (χ1) is 17.1. The smallest absolute Gasteiger partial charge is 0.242 e. The standard InChI is InChI=1S/C25H26N8OS/c1-3-17-6-7-18-20(11-17)30-23(29-18)22-25(35-15-28-22)31-9-10-33(16(2)12-31)21(34)13-32-14-27-19-5-4-8-26-24(19)32/h4-8,11,14-16H,3,9-10,12-13H2,1-2H3,(H,29,30). The van der Waals surface area contributed by atoms with Crippen molar-refractivity contribution in [3.63, 3.8) is 0 Å². The highest BCUT2D eigenvalue weighted by molar-refractivity contribution is 7.14. The zero-order chi connectivity index (χ0) is 23.9. The number of benzene rings is 1. The van der Waals surface area contributed by atoms with E-state index in [0.717, 1.165) is 58.2 Å². The zero-order valence-corrected chi connectivity index (χ0v) is 20.5. The highest BCUT2D eigenvalue weighted by Crippen LogP contribution is 2.34. The average Bonchev–Trinajstić information content (AvgIpc) is 3.61.